The molecule has 1 heterocycles. The highest BCUT2D eigenvalue weighted by Crippen LogP contribution is 2.22. The molecule has 4 nitrogen and oxygen atoms in total. The highest BCUT2D eigenvalue weighted by molar-refractivity contribution is 5.98. The predicted molar refractivity (Wildman–Crippen MR) is 82.8 cm³/mol. The number of nitrogens with zero attached hydrogens (tertiary/aromatic N) is 1. The van der Waals surface area contributed by atoms with Gasteiger partial charge in [0, 0.05) is 24.6 Å². The number of halogens is 1. The van der Waals surface area contributed by atoms with Gasteiger partial charge in [0.15, 0.2) is 5.78 Å². The molecular formula is C17H23FN2O2. The zero-order valence-electron chi connectivity index (χ0n) is 13.1. The lowest BCUT2D eigenvalue weighted by atomic mass is 9.88. The monoisotopic (exact) mass is 306 g/mol. The van der Waals surface area contributed by atoms with E-state index in [9.17, 15) is 14.0 Å². The van der Waals surface area contributed by atoms with Crippen LogP contribution in [-0.2, 0) is 4.79 Å². The molecule has 0 spiro atoms. The van der Waals surface area contributed by atoms with E-state index in [0.717, 1.165) is 0 Å². The molecule has 0 aliphatic carbocycles. The van der Waals surface area contributed by atoms with Crippen molar-refractivity contribution >= 4 is 11.7 Å². The Labute approximate surface area is 130 Å². The summed E-state index contributed by atoms with van der Waals surface area (Å²) < 4.78 is 12.9. The molecule has 2 N–H and O–H groups in total. The number of carbonyl (C=O) groups excluding carboxylic acids is 2. The number of benzene rings is 1. The summed E-state index contributed by atoms with van der Waals surface area (Å²) in [6.45, 7) is 4.95. The number of piperidine rings is 1. The zero-order chi connectivity index (χ0) is 16.3. The molecule has 1 atom stereocenters. The van der Waals surface area contributed by atoms with Crippen LogP contribution >= 0.6 is 0 Å². The lowest BCUT2D eigenvalue weighted by molar-refractivity contribution is -0.134. The first-order valence-corrected chi connectivity index (χ1v) is 7.74. The molecule has 1 fully saturated rings. The van der Waals surface area contributed by atoms with Gasteiger partial charge in [-0.1, -0.05) is 13.8 Å². The molecule has 1 aromatic rings. The molecule has 0 unspecified atom stereocenters. The van der Waals surface area contributed by atoms with E-state index in [1.54, 1.807) is 4.90 Å². The maximum Gasteiger partial charge on any atom is 0.239 e. The van der Waals surface area contributed by atoms with Gasteiger partial charge in [0.25, 0.3) is 0 Å². The lowest BCUT2D eigenvalue weighted by Crippen LogP contribution is -2.49. The number of hydrogen-bond donors (Lipinski definition) is 1. The molecule has 0 radical (unpaired) electrons. The second-order valence-corrected chi connectivity index (χ2v) is 6.24. The van der Waals surface area contributed by atoms with Crippen LogP contribution in [0.1, 0.15) is 37.0 Å². The fraction of sp³-hybridized carbons (Fsp3) is 0.529. The molecule has 1 saturated heterocycles. The predicted octanol–water partition coefficient (Wildman–Crippen LogP) is 2.23. The lowest BCUT2D eigenvalue weighted by Gasteiger charge is -2.33. The number of amides is 1. The number of ketones is 1. The van der Waals surface area contributed by atoms with Crippen LogP contribution in [0.4, 0.5) is 4.39 Å². The number of likely N-dealkylation sites (tertiary alicyclic amines) is 1. The van der Waals surface area contributed by atoms with E-state index in [1.165, 1.54) is 24.3 Å². The van der Waals surface area contributed by atoms with Crippen molar-refractivity contribution in [3.63, 3.8) is 0 Å². The van der Waals surface area contributed by atoms with Crippen LogP contribution in [0, 0.1) is 17.7 Å². The van der Waals surface area contributed by atoms with Gasteiger partial charge in [0.2, 0.25) is 5.91 Å². The van der Waals surface area contributed by atoms with Crippen LogP contribution < -0.4 is 5.73 Å². The summed E-state index contributed by atoms with van der Waals surface area (Å²) in [6.07, 6.45) is 1.26. The van der Waals surface area contributed by atoms with Crippen LogP contribution in [-0.4, -0.2) is 35.7 Å². The number of rotatable bonds is 4. The van der Waals surface area contributed by atoms with Gasteiger partial charge in [-0.25, -0.2) is 4.39 Å². The van der Waals surface area contributed by atoms with E-state index in [4.69, 9.17) is 5.73 Å². The Morgan fingerprint density at radius 3 is 2.23 bits per heavy atom. The number of carbonyl (C=O) groups is 2. The summed E-state index contributed by atoms with van der Waals surface area (Å²) in [5, 5.41) is 0. The van der Waals surface area contributed by atoms with Crippen molar-refractivity contribution in [1.82, 2.24) is 4.90 Å². The Bertz CT molecular complexity index is 534. The zero-order valence-corrected chi connectivity index (χ0v) is 13.1. The first kappa shape index (κ1) is 16.6. The highest BCUT2D eigenvalue weighted by atomic mass is 19.1. The van der Waals surface area contributed by atoms with Crippen LogP contribution in [0.5, 0.6) is 0 Å². The van der Waals surface area contributed by atoms with Gasteiger partial charge < -0.3 is 10.6 Å². The van der Waals surface area contributed by atoms with Gasteiger partial charge in [-0.3, -0.25) is 9.59 Å². The van der Waals surface area contributed by atoms with Crippen molar-refractivity contribution in [2.24, 2.45) is 17.6 Å². The maximum absolute atomic E-state index is 12.9. The molecule has 0 bridgehead atoms. The van der Waals surface area contributed by atoms with E-state index < -0.39 is 6.04 Å². The largest absolute Gasteiger partial charge is 0.341 e. The Hall–Kier alpha value is -1.75. The molecule has 2 rings (SSSR count). The number of Topliss-reactive ketones (excluding diaryl/α,β-unsaturated/α-hetero) is 1. The summed E-state index contributed by atoms with van der Waals surface area (Å²) >= 11 is 0. The summed E-state index contributed by atoms with van der Waals surface area (Å²) in [7, 11) is 0. The van der Waals surface area contributed by atoms with Crippen molar-refractivity contribution in [2.45, 2.75) is 32.7 Å². The average molecular weight is 306 g/mol. The normalized spacial score (nSPS) is 17.6. The molecule has 1 aromatic carbocycles. The van der Waals surface area contributed by atoms with Gasteiger partial charge in [-0.2, -0.15) is 0 Å². The minimum absolute atomic E-state index is 0.0280. The van der Waals surface area contributed by atoms with Crippen LogP contribution in [0.15, 0.2) is 24.3 Å². The number of hydrogen-bond acceptors (Lipinski definition) is 3. The third-order valence-electron chi connectivity index (χ3n) is 4.31. The van der Waals surface area contributed by atoms with Gasteiger partial charge in [-0.15, -0.1) is 0 Å². The fourth-order valence-corrected chi connectivity index (χ4v) is 2.71. The van der Waals surface area contributed by atoms with Crippen molar-refractivity contribution in [3.8, 4) is 0 Å². The standard InChI is InChI=1S/C17H23FN2O2/c1-11(2)15(19)17(22)20-9-7-13(8-10-20)16(21)12-3-5-14(18)6-4-12/h3-6,11,13,15H,7-10,19H2,1-2H3/t15-/m1/s1. The Balaban J connectivity index is 1.93. The van der Waals surface area contributed by atoms with Gasteiger partial charge in [-0.05, 0) is 43.0 Å². The summed E-state index contributed by atoms with van der Waals surface area (Å²) in [6, 6.07) is 5.15. The third-order valence-corrected chi connectivity index (χ3v) is 4.31. The molecule has 1 amide bonds. The summed E-state index contributed by atoms with van der Waals surface area (Å²) in [5.41, 5.74) is 6.43. The molecule has 1 aliphatic rings. The topological polar surface area (TPSA) is 63.4 Å². The Kier molecular flexibility index (Phi) is 5.29. The molecule has 1 aliphatic heterocycles. The van der Waals surface area contributed by atoms with Crippen LogP contribution in [0.25, 0.3) is 0 Å². The fourth-order valence-electron chi connectivity index (χ4n) is 2.71. The summed E-state index contributed by atoms with van der Waals surface area (Å²) in [5.74, 6) is -0.363. The molecule has 0 aromatic heterocycles. The van der Waals surface area contributed by atoms with E-state index in [0.29, 0.717) is 31.5 Å². The molecule has 5 heteroatoms. The summed E-state index contributed by atoms with van der Waals surface area (Å²) in [4.78, 5) is 26.3. The highest BCUT2D eigenvalue weighted by Gasteiger charge is 2.30. The van der Waals surface area contributed by atoms with Crippen LogP contribution in [0.2, 0.25) is 0 Å². The van der Waals surface area contributed by atoms with Crippen molar-refractivity contribution in [1.29, 1.82) is 0 Å². The Morgan fingerprint density at radius 1 is 1.18 bits per heavy atom. The van der Waals surface area contributed by atoms with Crippen molar-refractivity contribution in [2.75, 3.05) is 13.1 Å². The van der Waals surface area contributed by atoms with Crippen molar-refractivity contribution in [3.05, 3.63) is 35.6 Å². The minimum Gasteiger partial charge on any atom is -0.341 e. The average Bonchev–Trinajstić information content (AvgIpc) is 2.53. The van der Waals surface area contributed by atoms with Gasteiger partial charge >= 0.3 is 0 Å². The molecule has 22 heavy (non-hydrogen) atoms. The second kappa shape index (κ2) is 7.01. The van der Waals surface area contributed by atoms with E-state index >= 15 is 0 Å². The molecule has 120 valence electrons. The minimum atomic E-state index is -0.482. The smallest absolute Gasteiger partial charge is 0.239 e. The molecule has 0 saturated carbocycles. The quantitative estimate of drug-likeness (QED) is 0.868. The number of nitrogens with two attached hydrogens (primary N) is 1. The van der Waals surface area contributed by atoms with E-state index in [1.807, 2.05) is 13.8 Å². The SMILES string of the molecule is CC(C)[C@@H](N)C(=O)N1CCC(C(=O)c2ccc(F)cc2)CC1. The van der Waals surface area contributed by atoms with E-state index in [-0.39, 0.29) is 29.3 Å². The Morgan fingerprint density at radius 2 is 1.73 bits per heavy atom. The molecular weight excluding hydrogens is 283 g/mol. The van der Waals surface area contributed by atoms with E-state index in [2.05, 4.69) is 0 Å². The van der Waals surface area contributed by atoms with Crippen molar-refractivity contribution < 1.29 is 14.0 Å². The van der Waals surface area contributed by atoms with Gasteiger partial charge in [0.05, 0.1) is 6.04 Å². The third kappa shape index (κ3) is 3.71. The first-order valence-electron chi connectivity index (χ1n) is 7.74. The first-order chi connectivity index (χ1) is 10.4. The van der Waals surface area contributed by atoms with Crippen LogP contribution in [0.3, 0.4) is 0 Å². The second-order valence-electron chi connectivity index (χ2n) is 6.24. The maximum atomic E-state index is 12.9. The van der Waals surface area contributed by atoms with Gasteiger partial charge in [0.1, 0.15) is 5.82 Å².